The SMILES string of the molecule is CC(NC(=O)C(N)C(C)(C)C)c1cccnc1. The summed E-state index contributed by atoms with van der Waals surface area (Å²) >= 11 is 0. The van der Waals surface area contributed by atoms with Crippen molar-refractivity contribution >= 4 is 5.91 Å². The van der Waals surface area contributed by atoms with Crippen LogP contribution in [0.5, 0.6) is 0 Å². The van der Waals surface area contributed by atoms with Crippen molar-refractivity contribution in [3.05, 3.63) is 30.1 Å². The van der Waals surface area contributed by atoms with Crippen LogP contribution in [0, 0.1) is 5.41 Å². The molecule has 1 aromatic heterocycles. The van der Waals surface area contributed by atoms with Crippen molar-refractivity contribution in [1.29, 1.82) is 0 Å². The van der Waals surface area contributed by atoms with Gasteiger partial charge in [0.25, 0.3) is 0 Å². The maximum Gasteiger partial charge on any atom is 0.237 e. The van der Waals surface area contributed by atoms with Gasteiger partial charge in [0.15, 0.2) is 0 Å². The first kappa shape index (κ1) is 13.6. The van der Waals surface area contributed by atoms with Crippen LogP contribution in [-0.4, -0.2) is 16.9 Å². The number of nitrogens with one attached hydrogen (secondary N) is 1. The molecule has 0 saturated heterocycles. The van der Waals surface area contributed by atoms with Crippen LogP contribution in [0.1, 0.15) is 39.3 Å². The van der Waals surface area contributed by atoms with Crippen molar-refractivity contribution in [2.75, 3.05) is 0 Å². The molecular formula is C13H21N3O. The third-order valence-corrected chi connectivity index (χ3v) is 2.76. The number of pyridine rings is 1. The monoisotopic (exact) mass is 235 g/mol. The molecule has 0 bridgehead atoms. The van der Waals surface area contributed by atoms with Crippen molar-refractivity contribution < 1.29 is 4.79 Å². The van der Waals surface area contributed by atoms with Gasteiger partial charge in [-0.2, -0.15) is 0 Å². The number of nitrogens with two attached hydrogens (primary N) is 1. The highest BCUT2D eigenvalue weighted by Crippen LogP contribution is 2.18. The number of carbonyl (C=O) groups is 1. The molecule has 1 rings (SSSR count). The van der Waals surface area contributed by atoms with Gasteiger partial charge in [0.2, 0.25) is 5.91 Å². The average molecular weight is 235 g/mol. The third kappa shape index (κ3) is 3.82. The van der Waals surface area contributed by atoms with Crippen molar-refractivity contribution in [2.24, 2.45) is 11.1 Å². The van der Waals surface area contributed by atoms with Gasteiger partial charge >= 0.3 is 0 Å². The molecular weight excluding hydrogens is 214 g/mol. The minimum Gasteiger partial charge on any atom is -0.348 e. The van der Waals surface area contributed by atoms with Crippen molar-refractivity contribution in [1.82, 2.24) is 10.3 Å². The van der Waals surface area contributed by atoms with Crippen molar-refractivity contribution in [2.45, 2.75) is 39.8 Å². The van der Waals surface area contributed by atoms with Crippen LogP contribution in [0.2, 0.25) is 0 Å². The van der Waals surface area contributed by atoms with E-state index in [0.717, 1.165) is 5.56 Å². The molecule has 2 atom stereocenters. The molecule has 4 heteroatoms. The van der Waals surface area contributed by atoms with Gasteiger partial charge in [-0.25, -0.2) is 0 Å². The van der Waals surface area contributed by atoms with E-state index >= 15 is 0 Å². The molecule has 0 saturated carbocycles. The Kier molecular flexibility index (Phi) is 4.23. The molecule has 4 nitrogen and oxygen atoms in total. The van der Waals surface area contributed by atoms with E-state index < -0.39 is 6.04 Å². The molecule has 1 heterocycles. The summed E-state index contributed by atoms with van der Waals surface area (Å²) in [6, 6.07) is 3.19. The van der Waals surface area contributed by atoms with Crippen LogP contribution in [0.15, 0.2) is 24.5 Å². The van der Waals surface area contributed by atoms with Crippen molar-refractivity contribution in [3.63, 3.8) is 0 Å². The van der Waals surface area contributed by atoms with Crippen LogP contribution in [0.4, 0.5) is 0 Å². The number of hydrogen-bond donors (Lipinski definition) is 2. The van der Waals surface area contributed by atoms with Gasteiger partial charge in [-0.05, 0) is 24.0 Å². The summed E-state index contributed by atoms with van der Waals surface area (Å²) in [6.07, 6.45) is 3.45. The van der Waals surface area contributed by atoms with E-state index in [1.807, 2.05) is 39.8 Å². The lowest BCUT2D eigenvalue weighted by Gasteiger charge is -2.27. The second-order valence-electron chi connectivity index (χ2n) is 5.36. The van der Waals surface area contributed by atoms with Crippen molar-refractivity contribution in [3.8, 4) is 0 Å². The minimum absolute atomic E-state index is 0.0791. The first-order valence-corrected chi connectivity index (χ1v) is 5.78. The van der Waals surface area contributed by atoms with Gasteiger partial charge in [-0.15, -0.1) is 0 Å². The molecule has 94 valence electrons. The summed E-state index contributed by atoms with van der Waals surface area (Å²) in [6.45, 7) is 7.77. The van der Waals surface area contributed by atoms with Gasteiger partial charge in [0.05, 0.1) is 12.1 Å². The van der Waals surface area contributed by atoms with E-state index in [9.17, 15) is 4.79 Å². The number of aromatic nitrogens is 1. The average Bonchev–Trinajstić information content (AvgIpc) is 2.27. The van der Waals surface area contributed by atoms with E-state index in [-0.39, 0.29) is 17.4 Å². The number of carbonyl (C=O) groups excluding carboxylic acids is 1. The Morgan fingerprint density at radius 3 is 2.59 bits per heavy atom. The summed E-state index contributed by atoms with van der Waals surface area (Å²) < 4.78 is 0. The van der Waals surface area contributed by atoms with E-state index in [2.05, 4.69) is 10.3 Å². The number of hydrogen-bond acceptors (Lipinski definition) is 3. The van der Waals surface area contributed by atoms with Gasteiger partial charge in [-0.3, -0.25) is 9.78 Å². The molecule has 17 heavy (non-hydrogen) atoms. The zero-order valence-electron chi connectivity index (χ0n) is 10.9. The predicted molar refractivity (Wildman–Crippen MR) is 68.2 cm³/mol. The molecule has 0 fully saturated rings. The topological polar surface area (TPSA) is 68.0 Å². The van der Waals surface area contributed by atoms with Gasteiger partial charge in [-0.1, -0.05) is 26.8 Å². The zero-order valence-corrected chi connectivity index (χ0v) is 10.9. The Hall–Kier alpha value is -1.42. The maximum atomic E-state index is 11.9. The lowest BCUT2D eigenvalue weighted by molar-refractivity contribution is -0.125. The third-order valence-electron chi connectivity index (χ3n) is 2.76. The second-order valence-corrected chi connectivity index (χ2v) is 5.36. The fourth-order valence-corrected chi connectivity index (χ4v) is 1.41. The van der Waals surface area contributed by atoms with Crippen LogP contribution in [0.25, 0.3) is 0 Å². The first-order valence-electron chi connectivity index (χ1n) is 5.78. The standard InChI is InChI=1S/C13H21N3O/c1-9(10-6-5-7-15-8-10)16-12(17)11(14)13(2,3)4/h5-9,11H,14H2,1-4H3,(H,16,17). The summed E-state index contributed by atoms with van der Waals surface area (Å²) in [4.78, 5) is 15.9. The summed E-state index contributed by atoms with van der Waals surface area (Å²) in [5, 5.41) is 2.90. The van der Waals surface area contributed by atoms with Crippen LogP contribution < -0.4 is 11.1 Å². The molecule has 3 N–H and O–H groups in total. The molecule has 1 aromatic rings. The van der Waals surface area contributed by atoms with E-state index in [0.29, 0.717) is 0 Å². The van der Waals surface area contributed by atoms with Crippen LogP contribution >= 0.6 is 0 Å². The highest BCUT2D eigenvalue weighted by Gasteiger charge is 2.28. The molecule has 0 aromatic carbocycles. The zero-order chi connectivity index (χ0) is 13.1. The Bertz CT molecular complexity index is 370. The maximum absolute atomic E-state index is 11.9. The predicted octanol–water partition coefficient (Wildman–Crippen LogP) is 1.63. The molecule has 0 aliphatic carbocycles. The molecule has 2 unspecified atom stereocenters. The fraction of sp³-hybridized carbons (Fsp3) is 0.538. The van der Waals surface area contributed by atoms with Gasteiger partial charge < -0.3 is 11.1 Å². The largest absolute Gasteiger partial charge is 0.348 e. The molecule has 0 aliphatic rings. The Morgan fingerprint density at radius 1 is 1.47 bits per heavy atom. The second kappa shape index (κ2) is 5.27. The quantitative estimate of drug-likeness (QED) is 0.836. The summed E-state index contributed by atoms with van der Waals surface area (Å²) in [5.74, 6) is -0.131. The smallest absolute Gasteiger partial charge is 0.237 e. The summed E-state index contributed by atoms with van der Waals surface area (Å²) in [7, 11) is 0. The lowest BCUT2D eigenvalue weighted by atomic mass is 9.87. The van der Waals surface area contributed by atoms with Crippen LogP contribution in [-0.2, 0) is 4.79 Å². The molecule has 0 spiro atoms. The lowest BCUT2D eigenvalue weighted by Crippen LogP contribution is -2.49. The molecule has 1 amide bonds. The molecule has 0 radical (unpaired) electrons. The van der Waals surface area contributed by atoms with Crippen LogP contribution in [0.3, 0.4) is 0 Å². The highest BCUT2D eigenvalue weighted by atomic mass is 16.2. The normalized spacial score (nSPS) is 15.1. The Balaban J connectivity index is 2.64. The number of rotatable bonds is 3. The Labute approximate surface area is 103 Å². The summed E-state index contributed by atoms with van der Waals surface area (Å²) in [5.41, 5.74) is 6.63. The van der Waals surface area contributed by atoms with Gasteiger partial charge in [0.1, 0.15) is 0 Å². The minimum atomic E-state index is -0.512. The first-order chi connectivity index (χ1) is 7.82. The molecule has 0 aliphatic heterocycles. The fourth-order valence-electron chi connectivity index (χ4n) is 1.41. The number of amides is 1. The Morgan fingerprint density at radius 2 is 2.12 bits per heavy atom. The van der Waals surface area contributed by atoms with E-state index in [4.69, 9.17) is 5.73 Å². The highest BCUT2D eigenvalue weighted by molar-refractivity contribution is 5.82. The van der Waals surface area contributed by atoms with Gasteiger partial charge in [0, 0.05) is 12.4 Å². The van der Waals surface area contributed by atoms with E-state index in [1.54, 1.807) is 12.4 Å². The van der Waals surface area contributed by atoms with E-state index in [1.165, 1.54) is 0 Å². The number of nitrogens with zero attached hydrogens (tertiary/aromatic N) is 1.